The molecule has 6 rings (SSSR count). The van der Waals surface area contributed by atoms with E-state index < -0.39 is 76.6 Å². The molecular formula is C37H38FNO10S. The second-order valence-corrected chi connectivity index (χ2v) is 14.7. The van der Waals surface area contributed by atoms with Crippen LogP contribution in [0, 0.1) is 11.7 Å². The number of phenolic OH excluding ortho intramolecular Hbond substituents is 1. The van der Waals surface area contributed by atoms with Crippen LogP contribution >= 0.6 is 0 Å². The summed E-state index contributed by atoms with van der Waals surface area (Å²) in [6.07, 6.45) is -7.95. The highest BCUT2D eigenvalue weighted by molar-refractivity contribution is 7.91. The van der Waals surface area contributed by atoms with Crippen molar-refractivity contribution in [2.75, 3.05) is 17.3 Å². The zero-order valence-electron chi connectivity index (χ0n) is 26.7. The summed E-state index contributed by atoms with van der Waals surface area (Å²) in [6.45, 7) is -0.676. The van der Waals surface area contributed by atoms with Gasteiger partial charge in [0.1, 0.15) is 42.1 Å². The number of nitrogens with zero attached hydrogens (tertiary/aromatic N) is 1. The molecule has 2 aliphatic rings. The third kappa shape index (κ3) is 7.03. The SMILES string of the molecule is O=C1C(CCC(O)c2ccc(F)cc2)C(c2ccc(-c3ccc(S(=O)(=O)CC4OC(CO)C(O)C(O)C4O)cc3)cc2O)N1c1ccccc1. The van der Waals surface area contributed by atoms with Gasteiger partial charge >= 0.3 is 0 Å². The van der Waals surface area contributed by atoms with E-state index in [1.54, 1.807) is 41.3 Å². The number of hydrogen-bond donors (Lipinski definition) is 6. The van der Waals surface area contributed by atoms with Crippen molar-refractivity contribution in [3.8, 4) is 16.9 Å². The molecule has 0 bridgehead atoms. The van der Waals surface area contributed by atoms with Crippen molar-refractivity contribution in [3.63, 3.8) is 0 Å². The minimum Gasteiger partial charge on any atom is -0.508 e. The van der Waals surface area contributed by atoms with Gasteiger partial charge in [-0.2, -0.15) is 0 Å². The molecule has 0 radical (unpaired) electrons. The number of phenols is 1. The number of carbonyl (C=O) groups is 1. The lowest BCUT2D eigenvalue weighted by molar-refractivity contribution is -0.223. The molecule has 1 amide bonds. The molecule has 6 N–H and O–H groups in total. The molecule has 2 heterocycles. The van der Waals surface area contributed by atoms with Crippen LogP contribution in [0.25, 0.3) is 11.1 Å². The Balaban J connectivity index is 1.20. The number of aliphatic hydroxyl groups is 5. The lowest BCUT2D eigenvalue weighted by atomic mass is 9.77. The number of anilines is 1. The van der Waals surface area contributed by atoms with Gasteiger partial charge in [-0.1, -0.05) is 54.6 Å². The maximum Gasteiger partial charge on any atom is 0.233 e. The Labute approximate surface area is 288 Å². The monoisotopic (exact) mass is 707 g/mol. The molecule has 8 atom stereocenters. The molecule has 50 heavy (non-hydrogen) atoms. The molecule has 13 heteroatoms. The van der Waals surface area contributed by atoms with Crippen LogP contribution in [0.15, 0.2) is 102 Å². The van der Waals surface area contributed by atoms with Crippen molar-refractivity contribution >= 4 is 21.4 Å². The van der Waals surface area contributed by atoms with E-state index >= 15 is 0 Å². The molecule has 8 unspecified atom stereocenters. The molecule has 11 nitrogen and oxygen atoms in total. The Bertz CT molecular complexity index is 1910. The highest BCUT2D eigenvalue weighted by atomic mass is 32.2. The summed E-state index contributed by atoms with van der Waals surface area (Å²) >= 11 is 0. The topological polar surface area (TPSA) is 185 Å². The maximum absolute atomic E-state index is 13.5. The van der Waals surface area contributed by atoms with E-state index in [0.29, 0.717) is 34.4 Å². The molecule has 4 aromatic rings. The van der Waals surface area contributed by atoms with Gasteiger partial charge in [-0.05, 0) is 72.0 Å². The van der Waals surface area contributed by atoms with Crippen molar-refractivity contribution in [1.29, 1.82) is 0 Å². The first-order valence-corrected chi connectivity index (χ1v) is 17.8. The van der Waals surface area contributed by atoms with Crippen LogP contribution in [-0.4, -0.2) is 87.8 Å². The molecule has 4 aromatic carbocycles. The Hall–Kier alpha value is -4.21. The van der Waals surface area contributed by atoms with Crippen LogP contribution in [0.5, 0.6) is 5.75 Å². The van der Waals surface area contributed by atoms with Gasteiger partial charge in [-0.25, -0.2) is 12.8 Å². The fourth-order valence-electron chi connectivity index (χ4n) is 6.71. The second-order valence-electron chi connectivity index (χ2n) is 12.7. The summed E-state index contributed by atoms with van der Waals surface area (Å²) in [6, 6.07) is 24.9. The number of rotatable bonds is 11. The number of benzene rings is 4. The molecular weight excluding hydrogens is 669 g/mol. The van der Waals surface area contributed by atoms with Crippen LogP contribution in [0.2, 0.25) is 0 Å². The molecule has 0 aromatic heterocycles. The Morgan fingerprint density at radius 3 is 2.10 bits per heavy atom. The average molecular weight is 708 g/mol. The number of aromatic hydroxyl groups is 1. The number of ether oxygens (including phenoxy) is 1. The molecule has 2 aliphatic heterocycles. The van der Waals surface area contributed by atoms with Crippen molar-refractivity contribution in [2.24, 2.45) is 5.92 Å². The van der Waals surface area contributed by atoms with Gasteiger partial charge in [-0.15, -0.1) is 0 Å². The van der Waals surface area contributed by atoms with E-state index in [0.717, 1.165) is 0 Å². The zero-order valence-corrected chi connectivity index (χ0v) is 27.6. The number of carbonyl (C=O) groups excluding carboxylic acids is 1. The number of aliphatic hydroxyl groups excluding tert-OH is 5. The number of halogens is 1. The number of hydrogen-bond acceptors (Lipinski definition) is 10. The van der Waals surface area contributed by atoms with Gasteiger partial charge in [0.15, 0.2) is 9.84 Å². The number of para-hydroxylation sites is 1. The summed E-state index contributed by atoms with van der Waals surface area (Å²) in [5.74, 6) is -1.90. The number of sulfone groups is 1. The third-order valence-electron chi connectivity index (χ3n) is 9.52. The van der Waals surface area contributed by atoms with Gasteiger partial charge < -0.3 is 40.3 Å². The van der Waals surface area contributed by atoms with Crippen LogP contribution in [-0.2, 0) is 19.4 Å². The van der Waals surface area contributed by atoms with Crippen molar-refractivity contribution < 1.29 is 53.0 Å². The Morgan fingerprint density at radius 2 is 1.46 bits per heavy atom. The Morgan fingerprint density at radius 1 is 0.820 bits per heavy atom. The smallest absolute Gasteiger partial charge is 0.233 e. The van der Waals surface area contributed by atoms with Crippen molar-refractivity contribution in [1.82, 2.24) is 0 Å². The standard InChI is InChI=1S/C37H38FNO10S/c38-24-11-6-22(7-12-24)29(41)17-16-28-33(39(37(28)46)25-4-2-1-3-5-25)27-15-10-23(18-30(27)42)21-8-13-26(14-9-21)50(47,48)20-32-35(44)36(45)34(43)31(19-40)49-32/h1-15,18,28-29,31-36,40-45H,16-17,19-20H2. The van der Waals surface area contributed by atoms with E-state index in [9.17, 15) is 48.2 Å². The summed E-state index contributed by atoms with van der Waals surface area (Å²) < 4.78 is 45.1. The largest absolute Gasteiger partial charge is 0.508 e. The van der Waals surface area contributed by atoms with E-state index in [2.05, 4.69) is 0 Å². The van der Waals surface area contributed by atoms with Crippen LogP contribution in [0.4, 0.5) is 10.1 Å². The first kappa shape index (κ1) is 35.6. The molecule has 2 saturated heterocycles. The van der Waals surface area contributed by atoms with E-state index in [1.807, 2.05) is 18.2 Å². The molecule has 0 aliphatic carbocycles. The van der Waals surface area contributed by atoms with Gasteiger partial charge in [0.05, 0.1) is 35.3 Å². The lowest BCUT2D eigenvalue weighted by Gasteiger charge is -2.48. The predicted molar refractivity (Wildman–Crippen MR) is 180 cm³/mol. The van der Waals surface area contributed by atoms with Gasteiger partial charge in [-0.3, -0.25) is 4.79 Å². The molecule has 0 saturated carbocycles. The molecule has 264 valence electrons. The van der Waals surface area contributed by atoms with E-state index in [1.165, 1.54) is 42.5 Å². The number of amides is 1. The lowest BCUT2D eigenvalue weighted by Crippen LogP contribution is -2.60. The van der Waals surface area contributed by atoms with Crippen molar-refractivity contribution in [2.45, 2.75) is 60.4 Å². The summed E-state index contributed by atoms with van der Waals surface area (Å²) in [7, 11) is -4.04. The van der Waals surface area contributed by atoms with Gasteiger partial charge in [0.2, 0.25) is 5.91 Å². The summed E-state index contributed by atoms with van der Waals surface area (Å²) in [5.41, 5.74) is 2.85. The zero-order chi connectivity index (χ0) is 35.7. The average Bonchev–Trinajstić information content (AvgIpc) is 3.11. The minimum absolute atomic E-state index is 0.0793. The fraction of sp³-hybridized carbons (Fsp3) is 0.324. The first-order chi connectivity index (χ1) is 23.9. The normalized spacial score (nSPS) is 26.0. The summed E-state index contributed by atoms with van der Waals surface area (Å²) in [4.78, 5) is 15.0. The van der Waals surface area contributed by atoms with E-state index in [4.69, 9.17) is 4.74 Å². The molecule has 0 spiro atoms. The molecule has 2 fully saturated rings. The quantitative estimate of drug-likeness (QED) is 0.127. The maximum atomic E-state index is 13.5. The van der Waals surface area contributed by atoms with Crippen LogP contribution < -0.4 is 4.90 Å². The minimum atomic E-state index is -4.04. The third-order valence-corrected chi connectivity index (χ3v) is 11.3. The van der Waals surface area contributed by atoms with Crippen LogP contribution in [0.1, 0.15) is 36.1 Å². The highest BCUT2D eigenvalue weighted by Gasteiger charge is 2.49. The van der Waals surface area contributed by atoms with Crippen LogP contribution in [0.3, 0.4) is 0 Å². The fourth-order valence-corrected chi connectivity index (χ4v) is 8.16. The van der Waals surface area contributed by atoms with Gasteiger partial charge in [0.25, 0.3) is 0 Å². The predicted octanol–water partition coefficient (Wildman–Crippen LogP) is 3.03. The highest BCUT2D eigenvalue weighted by Crippen LogP contribution is 2.49. The second kappa shape index (κ2) is 14.6. The summed E-state index contributed by atoms with van der Waals surface area (Å²) in [5, 5.41) is 61.8. The Kier molecular flexibility index (Phi) is 10.4. The van der Waals surface area contributed by atoms with Crippen molar-refractivity contribution in [3.05, 3.63) is 114 Å². The first-order valence-electron chi connectivity index (χ1n) is 16.2. The van der Waals surface area contributed by atoms with Gasteiger partial charge in [0, 0.05) is 11.3 Å². The van der Waals surface area contributed by atoms with E-state index in [-0.39, 0.29) is 23.0 Å². The number of β-lactam (4-membered cyclic amide) rings is 1.